The van der Waals surface area contributed by atoms with Crippen LogP contribution in [0.2, 0.25) is 0 Å². The Hall–Kier alpha value is -3.63. The van der Waals surface area contributed by atoms with Crippen LogP contribution >= 0.6 is 12.2 Å². The maximum atomic E-state index is 15.7. The topological polar surface area (TPSA) is 98.6 Å². The number of thiocarbonyl (C=S) groups is 1. The van der Waals surface area contributed by atoms with Crippen molar-refractivity contribution in [3.8, 4) is 6.07 Å². The predicted molar refractivity (Wildman–Crippen MR) is 128 cm³/mol. The van der Waals surface area contributed by atoms with Crippen LogP contribution in [0.15, 0.2) is 30.5 Å². The van der Waals surface area contributed by atoms with Crippen LogP contribution in [0.4, 0.5) is 28.9 Å². The summed E-state index contributed by atoms with van der Waals surface area (Å²) in [5, 5.41) is 11.4. The first kappa shape index (κ1) is 26.4. The van der Waals surface area contributed by atoms with Crippen LogP contribution in [0.5, 0.6) is 0 Å². The summed E-state index contributed by atoms with van der Waals surface area (Å²) < 4.78 is 61.2. The highest BCUT2D eigenvalue weighted by molar-refractivity contribution is 7.81. The number of hydrogen-bond donors (Lipinski definition) is 1. The first-order valence-electron chi connectivity index (χ1n) is 11.3. The van der Waals surface area contributed by atoms with Gasteiger partial charge in [-0.25, -0.2) is 9.37 Å². The fourth-order valence-electron chi connectivity index (χ4n) is 4.45. The number of halogens is 4. The van der Waals surface area contributed by atoms with E-state index in [1.807, 2.05) is 0 Å². The Kier molecular flexibility index (Phi) is 7.16. The number of aromatic nitrogens is 1. The van der Waals surface area contributed by atoms with Gasteiger partial charge in [-0.1, -0.05) is 6.07 Å². The Bertz CT molecular complexity index is 1310. The number of nitriles is 1. The number of benzene rings is 1. The number of amides is 2. The number of nitrogens with zero attached hydrogens (tertiary/aromatic N) is 4. The van der Waals surface area contributed by atoms with Gasteiger partial charge >= 0.3 is 6.18 Å². The highest BCUT2D eigenvalue weighted by Crippen LogP contribution is 2.49. The summed E-state index contributed by atoms with van der Waals surface area (Å²) >= 11 is 5.49. The summed E-state index contributed by atoms with van der Waals surface area (Å²) in [7, 11) is 1.52. The van der Waals surface area contributed by atoms with Crippen molar-refractivity contribution in [2.75, 3.05) is 30.1 Å². The van der Waals surface area contributed by atoms with E-state index in [2.05, 4.69) is 10.3 Å². The van der Waals surface area contributed by atoms with Crippen LogP contribution in [-0.4, -0.2) is 47.7 Å². The van der Waals surface area contributed by atoms with Gasteiger partial charge < -0.3 is 15.0 Å². The first-order valence-corrected chi connectivity index (χ1v) is 11.7. The Morgan fingerprint density at radius 1 is 1.35 bits per heavy atom. The van der Waals surface area contributed by atoms with Crippen LogP contribution in [-0.2, 0) is 15.7 Å². The number of nitrogens with one attached hydrogen (secondary N) is 1. The lowest BCUT2D eigenvalue weighted by Gasteiger charge is -2.43. The number of hydrogen-bond acceptors (Lipinski definition) is 6. The molecule has 0 unspecified atom stereocenters. The monoisotopic (exact) mass is 535 g/mol. The van der Waals surface area contributed by atoms with Gasteiger partial charge in [0.15, 0.2) is 16.6 Å². The molecular formula is C24H21F4N5O3S. The van der Waals surface area contributed by atoms with Crippen molar-refractivity contribution in [1.29, 1.82) is 5.26 Å². The molecule has 194 valence electrons. The molecular weight excluding hydrogens is 514 g/mol. The normalized spacial score (nSPS) is 16.6. The van der Waals surface area contributed by atoms with E-state index in [1.54, 1.807) is 0 Å². The number of anilines is 2. The largest absolute Gasteiger partial charge is 0.419 e. The molecule has 1 saturated heterocycles. The zero-order valence-corrected chi connectivity index (χ0v) is 20.4. The molecule has 4 rings (SSSR count). The van der Waals surface area contributed by atoms with E-state index in [9.17, 15) is 22.8 Å². The number of carbonyl (C=O) groups is 2. The van der Waals surface area contributed by atoms with Crippen LogP contribution < -0.4 is 15.1 Å². The first-order chi connectivity index (χ1) is 17.6. The third kappa shape index (κ3) is 4.51. The van der Waals surface area contributed by atoms with Crippen LogP contribution in [0, 0.1) is 17.1 Å². The smallest absolute Gasteiger partial charge is 0.385 e. The van der Waals surface area contributed by atoms with Crippen molar-refractivity contribution in [3.05, 3.63) is 53.1 Å². The highest BCUT2D eigenvalue weighted by Gasteiger charge is 2.60. The molecule has 2 aromatic rings. The molecule has 1 N–H and O–H groups in total. The summed E-state index contributed by atoms with van der Waals surface area (Å²) in [4.78, 5) is 31.9. The van der Waals surface area contributed by atoms with Crippen molar-refractivity contribution in [3.63, 3.8) is 0 Å². The molecule has 37 heavy (non-hydrogen) atoms. The number of alkyl halides is 3. The second-order valence-corrected chi connectivity index (χ2v) is 8.95. The molecule has 1 spiro atoms. The van der Waals surface area contributed by atoms with E-state index < -0.39 is 40.6 Å². The van der Waals surface area contributed by atoms with Gasteiger partial charge in [0.05, 0.1) is 28.7 Å². The predicted octanol–water partition coefficient (Wildman–Crippen LogP) is 3.94. The fraction of sp³-hybridized carbons (Fsp3) is 0.375. The van der Waals surface area contributed by atoms with Gasteiger partial charge in [0.1, 0.15) is 11.6 Å². The fourth-order valence-corrected chi connectivity index (χ4v) is 4.91. The Morgan fingerprint density at radius 2 is 2.08 bits per heavy atom. The van der Waals surface area contributed by atoms with Gasteiger partial charge in [0.2, 0.25) is 0 Å². The number of methoxy groups -OCH3 is 1. The van der Waals surface area contributed by atoms with Gasteiger partial charge in [-0.15, -0.1) is 0 Å². The van der Waals surface area contributed by atoms with Crippen molar-refractivity contribution in [1.82, 2.24) is 10.3 Å². The van der Waals surface area contributed by atoms with E-state index in [0.717, 1.165) is 11.1 Å². The second-order valence-electron chi connectivity index (χ2n) is 8.58. The summed E-state index contributed by atoms with van der Waals surface area (Å²) in [5.74, 6) is -2.21. The lowest BCUT2D eigenvalue weighted by molar-refractivity contribution is -0.138. The summed E-state index contributed by atoms with van der Waals surface area (Å²) in [6.07, 6.45) is -2.25. The third-order valence-electron chi connectivity index (χ3n) is 6.41. The molecule has 13 heteroatoms. The molecule has 2 amide bonds. The number of carbonyl (C=O) groups excluding carboxylic acids is 2. The Labute approximate surface area is 214 Å². The number of pyridine rings is 1. The quantitative estimate of drug-likeness (QED) is 0.326. The molecule has 0 bridgehead atoms. The third-order valence-corrected chi connectivity index (χ3v) is 6.78. The number of rotatable bonds is 7. The Morgan fingerprint density at radius 3 is 2.68 bits per heavy atom. The summed E-state index contributed by atoms with van der Waals surface area (Å²) in [5.41, 5.74) is -4.16. The molecule has 1 aliphatic carbocycles. The van der Waals surface area contributed by atoms with Gasteiger partial charge in [0.25, 0.3) is 11.8 Å². The van der Waals surface area contributed by atoms with Crippen molar-refractivity contribution >= 4 is 40.5 Å². The van der Waals surface area contributed by atoms with Crippen molar-refractivity contribution in [2.24, 2.45) is 0 Å². The van der Waals surface area contributed by atoms with Crippen molar-refractivity contribution < 1.29 is 31.9 Å². The minimum Gasteiger partial charge on any atom is -0.385 e. The summed E-state index contributed by atoms with van der Waals surface area (Å²) in [6.45, 7) is 0.660. The molecule has 1 aromatic carbocycles. The molecule has 2 heterocycles. The lowest BCUT2D eigenvalue weighted by atomic mass is 9.75. The molecule has 0 radical (unpaired) electrons. The molecule has 1 saturated carbocycles. The van der Waals surface area contributed by atoms with E-state index >= 15 is 4.39 Å². The minimum atomic E-state index is -4.90. The average molecular weight is 536 g/mol. The molecule has 2 fully saturated rings. The highest BCUT2D eigenvalue weighted by atomic mass is 32.1. The zero-order valence-electron chi connectivity index (χ0n) is 19.6. The van der Waals surface area contributed by atoms with Crippen molar-refractivity contribution in [2.45, 2.75) is 37.4 Å². The van der Waals surface area contributed by atoms with Gasteiger partial charge in [-0.2, -0.15) is 18.4 Å². The van der Waals surface area contributed by atoms with Crippen LogP contribution in [0.1, 0.15) is 47.3 Å². The molecule has 0 atom stereocenters. The van der Waals surface area contributed by atoms with Gasteiger partial charge in [0, 0.05) is 20.3 Å². The van der Waals surface area contributed by atoms with E-state index in [0.29, 0.717) is 25.5 Å². The molecule has 1 aromatic heterocycles. The van der Waals surface area contributed by atoms with E-state index in [1.165, 1.54) is 36.3 Å². The second kappa shape index (κ2) is 10.0. The maximum absolute atomic E-state index is 15.7. The molecule has 2 aliphatic rings. The van der Waals surface area contributed by atoms with Gasteiger partial charge in [-0.3, -0.25) is 14.5 Å². The SMILES string of the molecule is COCCCNC(=O)c1cccc(N2C(=S)N(c3cnc(C#N)c(C(F)(F)F)c3)C(=O)C23CCC3)c1F. The van der Waals surface area contributed by atoms with E-state index in [4.69, 9.17) is 22.2 Å². The Balaban J connectivity index is 1.73. The zero-order chi connectivity index (χ0) is 27.0. The maximum Gasteiger partial charge on any atom is 0.419 e. The summed E-state index contributed by atoms with van der Waals surface area (Å²) in [6, 6.07) is 6.11. The standard InChI is InChI=1S/C24H21F4N5O3S/c1-36-10-4-9-30-20(34)15-5-2-6-18(19(15)25)33-22(37)32(21(35)23(33)7-3-8-23)14-11-16(24(26,27)28)17(12-29)31-13-14/h2,5-6,11,13H,3-4,7-10H2,1H3,(H,30,34). The average Bonchev–Trinajstić information content (AvgIpc) is 3.07. The van der Waals surface area contributed by atoms with Crippen LogP contribution in [0.25, 0.3) is 0 Å². The van der Waals surface area contributed by atoms with E-state index in [-0.39, 0.29) is 41.4 Å². The van der Waals surface area contributed by atoms with Gasteiger partial charge in [-0.05, 0) is 56.1 Å². The van der Waals surface area contributed by atoms with Crippen LogP contribution in [0.3, 0.4) is 0 Å². The molecule has 1 aliphatic heterocycles. The lowest BCUT2D eigenvalue weighted by Crippen LogP contribution is -2.55. The molecule has 8 nitrogen and oxygen atoms in total. The minimum absolute atomic E-state index is 0.136. The number of ether oxygens (including phenoxy) is 1.